The average Bonchev–Trinajstić information content (AvgIpc) is 3.62. The Hall–Kier alpha value is -4.21. The van der Waals surface area contributed by atoms with Crippen LogP contribution in [0.5, 0.6) is 0 Å². The van der Waals surface area contributed by atoms with Crippen molar-refractivity contribution in [3.8, 4) is 11.4 Å². The number of nitrogens with zero attached hydrogens (tertiary/aromatic N) is 2. The van der Waals surface area contributed by atoms with E-state index in [4.69, 9.17) is 5.11 Å². The summed E-state index contributed by atoms with van der Waals surface area (Å²) < 4.78 is 0. The van der Waals surface area contributed by atoms with Gasteiger partial charge in [0.05, 0.1) is 23.7 Å². The Bertz CT molecular complexity index is 1390. The van der Waals surface area contributed by atoms with Crippen molar-refractivity contribution in [3.63, 3.8) is 0 Å². The SMILES string of the molecule is O=C(NCC(O)CO)c1ccc(-c2nc3ccc(NC(=O)c4ccc(N5CCCC5)cc4)cc3[nH]2)cc1. The van der Waals surface area contributed by atoms with Crippen molar-refractivity contribution in [2.45, 2.75) is 18.9 Å². The molecular formula is C28H29N5O4. The summed E-state index contributed by atoms with van der Waals surface area (Å²) in [5, 5.41) is 23.8. The summed E-state index contributed by atoms with van der Waals surface area (Å²) in [6.45, 7) is 1.69. The Kier molecular flexibility index (Phi) is 7.16. The number of fused-ring (bicyclic) bond motifs is 1. The molecule has 2 amide bonds. The van der Waals surface area contributed by atoms with Gasteiger partial charge in [0.15, 0.2) is 0 Å². The van der Waals surface area contributed by atoms with E-state index in [1.165, 1.54) is 12.8 Å². The highest BCUT2D eigenvalue weighted by molar-refractivity contribution is 6.05. The van der Waals surface area contributed by atoms with E-state index in [0.29, 0.717) is 22.6 Å². The van der Waals surface area contributed by atoms with E-state index in [2.05, 4.69) is 25.5 Å². The predicted molar refractivity (Wildman–Crippen MR) is 143 cm³/mol. The lowest BCUT2D eigenvalue weighted by Gasteiger charge is -2.17. The molecule has 1 aliphatic heterocycles. The molecule has 0 saturated carbocycles. The Morgan fingerprint density at radius 1 is 0.946 bits per heavy atom. The summed E-state index contributed by atoms with van der Waals surface area (Å²) in [5.41, 5.74) is 5.17. The third-order valence-corrected chi connectivity index (χ3v) is 6.47. The molecule has 4 aromatic rings. The molecule has 0 aliphatic carbocycles. The molecule has 5 rings (SSSR count). The molecule has 190 valence electrons. The summed E-state index contributed by atoms with van der Waals surface area (Å²) >= 11 is 0. The first kappa shape index (κ1) is 24.5. The lowest BCUT2D eigenvalue weighted by molar-refractivity contribution is 0.0802. The quantitative estimate of drug-likeness (QED) is 0.253. The molecule has 3 aromatic carbocycles. The molecule has 1 aromatic heterocycles. The first-order valence-electron chi connectivity index (χ1n) is 12.3. The monoisotopic (exact) mass is 499 g/mol. The molecular weight excluding hydrogens is 470 g/mol. The number of carbonyl (C=O) groups is 2. The lowest BCUT2D eigenvalue weighted by atomic mass is 10.1. The first-order chi connectivity index (χ1) is 18.0. The molecule has 0 radical (unpaired) electrons. The maximum absolute atomic E-state index is 12.8. The number of aromatic amines is 1. The molecule has 9 heteroatoms. The number of amides is 2. The smallest absolute Gasteiger partial charge is 0.255 e. The highest BCUT2D eigenvalue weighted by atomic mass is 16.3. The fraction of sp³-hybridized carbons (Fsp3) is 0.250. The van der Waals surface area contributed by atoms with Crippen molar-refractivity contribution in [2.24, 2.45) is 0 Å². The maximum atomic E-state index is 12.8. The van der Waals surface area contributed by atoms with Gasteiger partial charge in [-0.05, 0) is 67.4 Å². The van der Waals surface area contributed by atoms with Gasteiger partial charge in [0.2, 0.25) is 0 Å². The second-order valence-electron chi connectivity index (χ2n) is 9.14. The van der Waals surface area contributed by atoms with Crippen LogP contribution in [-0.4, -0.2) is 64.3 Å². The molecule has 1 aliphatic rings. The van der Waals surface area contributed by atoms with Gasteiger partial charge in [0.1, 0.15) is 5.82 Å². The number of hydrogen-bond donors (Lipinski definition) is 5. The molecule has 2 heterocycles. The average molecular weight is 500 g/mol. The molecule has 37 heavy (non-hydrogen) atoms. The summed E-state index contributed by atoms with van der Waals surface area (Å²) in [5.74, 6) is 0.126. The van der Waals surface area contributed by atoms with Gasteiger partial charge in [0, 0.05) is 47.7 Å². The topological polar surface area (TPSA) is 131 Å². The van der Waals surface area contributed by atoms with E-state index in [9.17, 15) is 14.7 Å². The van der Waals surface area contributed by atoms with E-state index in [0.717, 1.165) is 35.4 Å². The summed E-state index contributed by atoms with van der Waals surface area (Å²) in [4.78, 5) is 35.2. The van der Waals surface area contributed by atoms with Gasteiger partial charge in [-0.25, -0.2) is 4.98 Å². The van der Waals surface area contributed by atoms with Crippen LogP contribution in [0.15, 0.2) is 66.7 Å². The van der Waals surface area contributed by atoms with Crippen molar-refractivity contribution in [1.29, 1.82) is 0 Å². The number of imidazole rings is 1. The van der Waals surface area contributed by atoms with Crippen LogP contribution < -0.4 is 15.5 Å². The first-order valence-corrected chi connectivity index (χ1v) is 12.3. The van der Waals surface area contributed by atoms with Crippen LogP contribution in [0.4, 0.5) is 11.4 Å². The fourth-order valence-corrected chi connectivity index (χ4v) is 4.38. The predicted octanol–water partition coefficient (Wildman–Crippen LogP) is 3.17. The van der Waals surface area contributed by atoms with Gasteiger partial charge in [-0.15, -0.1) is 0 Å². The van der Waals surface area contributed by atoms with E-state index in [1.54, 1.807) is 24.3 Å². The van der Waals surface area contributed by atoms with Crippen LogP contribution >= 0.6 is 0 Å². The number of carbonyl (C=O) groups excluding carboxylic acids is 2. The van der Waals surface area contributed by atoms with Gasteiger partial charge in [0.25, 0.3) is 11.8 Å². The van der Waals surface area contributed by atoms with Crippen LogP contribution in [0, 0.1) is 0 Å². The van der Waals surface area contributed by atoms with E-state index >= 15 is 0 Å². The van der Waals surface area contributed by atoms with Crippen molar-refractivity contribution in [2.75, 3.05) is 36.5 Å². The number of anilines is 2. The maximum Gasteiger partial charge on any atom is 0.255 e. The molecule has 0 spiro atoms. The van der Waals surface area contributed by atoms with Crippen LogP contribution in [0.3, 0.4) is 0 Å². The number of nitrogens with one attached hydrogen (secondary N) is 3. The number of benzene rings is 3. The van der Waals surface area contributed by atoms with Gasteiger partial charge in [-0.2, -0.15) is 0 Å². The van der Waals surface area contributed by atoms with Crippen LogP contribution in [-0.2, 0) is 0 Å². The van der Waals surface area contributed by atoms with Gasteiger partial charge in [-0.1, -0.05) is 12.1 Å². The largest absolute Gasteiger partial charge is 0.394 e. The minimum absolute atomic E-state index is 0.0244. The fourth-order valence-electron chi connectivity index (χ4n) is 4.38. The van der Waals surface area contributed by atoms with Crippen molar-refractivity contribution >= 4 is 34.2 Å². The molecule has 1 fully saturated rings. The zero-order chi connectivity index (χ0) is 25.8. The van der Waals surface area contributed by atoms with Crippen LogP contribution in [0.2, 0.25) is 0 Å². The number of rotatable bonds is 8. The summed E-state index contributed by atoms with van der Waals surface area (Å²) in [7, 11) is 0. The Balaban J connectivity index is 1.25. The zero-order valence-electron chi connectivity index (χ0n) is 20.3. The second kappa shape index (κ2) is 10.8. The van der Waals surface area contributed by atoms with Gasteiger partial charge >= 0.3 is 0 Å². The highest BCUT2D eigenvalue weighted by Gasteiger charge is 2.14. The van der Waals surface area contributed by atoms with Crippen LogP contribution in [0.1, 0.15) is 33.6 Å². The van der Waals surface area contributed by atoms with Crippen molar-refractivity contribution < 1.29 is 19.8 Å². The van der Waals surface area contributed by atoms with E-state index < -0.39 is 12.7 Å². The number of aliphatic hydroxyl groups excluding tert-OH is 2. The number of aliphatic hydroxyl groups is 2. The van der Waals surface area contributed by atoms with Crippen molar-refractivity contribution in [3.05, 3.63) is 77.9 Å². The second-order valence-corrected chi connectivity index (χ2v) is 9.14. The number of H-pyrrole nitrogens is 1. The van der Waals surface area contributed by atoms with E-state index in [1.807, 2.05) is 42.5 Å². The molecule has 1 atom stereocenters. The minimum atomic E-state index is -0.992. The Morgan fingerprint density at radius 2 is 1.62 bits per heavy atom. The Labute approximate surface area is 214 Å². The molecule has 0 bridgehead atoms. The number of hydrogen-bond acceptors (Lipinski definition) is 6. The minimum Gasteiger partial charge on any atom is -0.394 e. The van der Waals surface area contributed by atoms with Gasteiger partial charge < -0.3 is 30.7 Å². The van der Waals surface area contributed by atoms with Gasteiger partial charge in [-0.3, -0.25) is 9.59 Å². The number of aromatic nitrogens is 2. The Morgan fingerprint density at radius 3 is 2.32 bits per heavy atom. The lowest BCUT2D eigenvalue weighted by Crippen LogP contribution is -2.33. The molecule has 5 N–H and O–H groups in total. The molecule has 1 saturated heterocycles. The summed E-state index contributed by atoms with van der Waals surface area (Å²) in [6, 6.07) is 20.1. The standard InChI is InChI=1S/C28H29N5O4/c34-17-23(35)16-29-27(36)19-5-3-18(4-6-19)26-31-24-12-9-21(15-25(24)32-26)30-28(37)20-7-10-22(11-8-20)33-13-1-2-14-33/h3-12,15,23,34-35H,1-2,13-14,16-17H2,(H,29,36)(H,30,37)(H,31,32). The van der Waals surface area contributed by atoms with E-state index in [-0.39, 0.29) is 18.4 Å². The zero-order valence-corrected chi connectivity index (χ0v) is 20.3. The van der Waals surface area contributed by atoms with Crippen LogP contribution in [0.25, 0.3) is 22.4 Å². The third kappa shape index (κ3) is 5.63. The molecule has 1 unspecified atom stereocenters. The molecule has 9 nitrogen and oxygen atoms in total. The summed E-state index contributed by atoms with van der Waals surface area (Å²) in [6.07, 6.45) is 1.43. The third-order valence-electron chi connectivity index (χ3n) is 6.47. The highest BCUT2D eigenvalue weighted by Crippen LogP contribution is 2.24. The van der Waals surface area contributed by atoms with Crippen molar-refractivity contribution in [1.82, 2.24) is 15.3 Å². The normalized spacial score (nSPS) is 14.1.